The van der Waals surface area contributed by atoms with Crippen molar-refractivity contribution >= 4 is 20.3 Å². The SMILES string of the molecule is COC(=O)c1c(O[Si](C)(C)C(C)(C)C)ccc(C(=O)O)c1C. The molecule has 0 fully saturated rings. The number of carboxylic acid groups (broad SMARTS) is 1. The van der Waals surface area contributed by atoms with Gasteiger partial charge in [0, 0.05) is 0 Å². The fourth-order valence-electron chi connectivity index (χ4n) is 1.79. The molecule has 1 N–H and O–H groups in total. The third-order valence-corrected chi connectivity index (χ3v) is 8.56. The van der Waals surface area contributed by atoms with Crippen molar-refractivity contribution in [2.75, 3.05) is 7.11 Å². The Bertz CT molecular complexity index is 599. The fraction of sp³-hybridized carbons (Fsp3) is 0.500. The van der Waals surface area contributed by atoms with Gasteiger partial charge < -0.3 is 14.3 Å². The minimum Gasteiger partial charge on any atom is -0.543 e. The Labute approximate surface area is 132 Å². The van der Waals surface area contributed by atoms with Crippen LogP contribution < -0.4 is 4.43 Å². The molecule has 0 aliphatic rings. The van der Waals surface area contributed by atoms with E-state index in [1.54, 1.807) is 13.0 Å². The molecule has 5 nitrogen and oxygen atoms in total. The first kappa shape index (κ1) is 18.2. The van der Waals surface area contributed by atoms with E-state index in [1.807, 2.05) is 0 Å². The van der Waals surface area contributed by atoms with E-state index >= 15 is 0 Å². The zero-order chi connectivity index (χ0) is 17.3. The molecule has 0 heterocycles. The van der Waals surface area contributed by atoms with Crippen molar-refractivity contribution in [2.45, 2.75) is 45.8 Å². The summed E-state index contributed by atoms with van der Waals surface area (Å²) in [5.74, 6) is -1.28. The molecule has 122 valence electrons. The van der Waals surface area contributed by atoms with Crippen LogP contribution >= 0.6 is 0 Å². The molecule has 0 unspecified atom stereocenters. The highest BCUT2D eigenvalue weighted by molar-refractivity contribution is 6.74. The lowest BCUT2D eigenvalue weighted by molar-refractivity contribution is 0.0597. The smallest absolute Gasteiger partial charge is 0.341 e. The third kappa shape index (κ3) is 3.49. The lowest BCUT2D eigenvalue weighted by atomic mass is 10.0. The van der Waals surface area contributed by atoms with Crippen molar-refractivity contribution in [3.63, 3.8) is 0 Å². The number of carboxylic acids is 1. The first-order valence-electron chi connectivity index (χ1n) is 7.06. The van der Waals surface area contributed by atoms with Gasteiger partial charge in [-0.2, -0.15) is 0 Å². The number of rotatable bonds is 4. The second kappa shape index (κ2) is 6.12. The fourth-order valence-corrected chi connectivity index (χ4v) is 2.81. The number of carbonyl (C=O) groups is 2. The second-order valence-electron chi connectivity index (χ2n) is 6.77. The van der Waals surface area contributed by atoms with Crippen LogP contribution in [0.2, 0.25) is 18.1 Å². The number of hydrogen-bond acceptors (Lipinski definition) is 4. The Morgan fingerprint density at radius 2 is 1.73 bits per heavy atom. The van der Waals surface area contributed by atoms with Crippen LogP contribution in [0, 0.1) is 6.92 Å². The van der Waals surface area contributed by atoms with Crippen molar-refractivity contribution in [1.82, 2.24) is 0 Å². The monoisotopic (exact) mass is 324 g/mol. The predicted molar refractivity (Wildman–Crippen MR) is 87.3 cm³/mol. The molecule has 1 rings (SSSR count). The van der Waals surface area contributed by atoms with E-state index in [0.717, 1.165) is 0 Å². The van der Waals surface area contributed by atoms with Crippen LogP contribution in [0.5, 0.6) is 5.75 Å². The summed E-state index contributed by atoms with van der Waals surface area (Å²) in [6.45, 7) is 12.0. The standard InChI is InChI=1S/C16H24O5Si/c1-10-11(14(17)18)8-9-12(13(10)15(19)20-5)21-22(6,7)16(2,3)4/h8-9H,1-7H3,(H,17,18). The summed E-state index contributed by atoms with van der Waals surface area (Å²) in [5.41, 5.74) is 0.616. The lowest BCUT2D eigenvalue weighted by Gasteiger charge is -2.37. The number of hydrogen-bond donors (Lipinski definition) is 1. The number of benzene rings is 1. The van der Waals surface area contributed by atoms with Gasteiger partial charge in [0.2, 0.25) is 0 Å². The van der Waals surface area contributed by atoms with Crippen LogP contribution in [0.3, 0.4) is 0 Å². The molecule has 0 atom stereocenters. The van der Waals surface area contributed by atoms with Crippen LogP contribution in [-0.4, -0.2) is 32.5 Å². The molecule has 0 saturated heterocycles. The van der Waals surface area contributed by atoms with Gasteiger partial charge in [-0.05, 0) is 42.8 Å². The molecular formula is C16H24O5Si. The molecule has 22 heavy (non-hydrogen) atoms. The average Bonchev–Trinajstić information content (AvgIpc) is 2.36. The van der Waals surface area contributed by atoms with Crippen molar-refractivity contribution in [3.05, 3.63) is 28.8 Å². The molecule has 0 aliphatic carbocycles. The molecule has 6 heteroatoms. The first-order valence-corrected chi connectivity index (χ1v) is 9.97. The Morgan fingerprint density at radius 3 is 2.14 bits per heavy atom. The summed E-state index contributed by atoms with van der Waals surface area (Å²) in [6, 6.07) is 3.01. The Hall–Kier alpha value is -1.82. The van der Waals surface area contributed by atoms with Gasteiger partial charge >= 0.3 is 11.9 Å². The van der Waals surface area contributed by atoms with Crippen LogP contribution in [0.1, 0.15) is 47.1 Å². The summed E-state index contributed by atoms with van der Waals surface area (Å²) < 4.78 is 11.0. The van der Waals surface area contributed by atoms with Crippen LogP contribution in [-0.2, 0) is 4.74 Å². The quantitative estimate of drug-likeness (QED) is 0.672. The van der Waals surface area contributed by atoms with Gasteiger partial charge in [-0.15, -0.1) is 0 Å². The molecule has 0 spiro atoms. The Morgan fingerprint density at radius 1 is 1.18 bits per heavy atom. The zero-order valence-corrected chi connectivity index (χ0v) is 15.2. The van der Waals surface area contributed by atoms with Crippen molar-refractivity contribution in [1.29, 1.82) is 0 Å². The van der Waals surface area contributed by atoms with Crippen molar-refractivity contribution < 1.29 is 23.9 Å². The molecule has 0 saturated carbocycles. The maximum atomic E-state index is 12.1. The Kier molecular flexibility index (Phi) is 5.07. The molecule has 1 aromatic carbocycles. The summed E-state index contributed by atoms with van der Waals surface area (Å²) >= 11 is 0. The Balaban J connectivity index is 3.46. The molecule has 0 radical (unpaired) electrons. The maximum Gasteiger partial charge on any atom is 0.341 e. The van der Waals surface area contributed by atoms with Gasteiger partial charge in [0.15, 0.2) is 0 Å². The van der Waals surface area contributed by atoms with E-state index in [-0.39, 0.29) is 16.2 Å². The molecule has 0 bridgehead atoms. The van der Waals surface area contributed by atoms with Gasteiger partial charge in [0.05, 0.1) is 12.7 Å². The van der Waals surface area contributed by atoms with E-state index in [4.69, 9.17) is 9.16 Å². The highest BCUT2D eigenvalue weighted by Gasteiger charge is 2.40. The molecule has 0 aliphatic heterocycles. The van der Waals surface area contributed by atoms with Gasteiger partial charge in [-0.1, -0.05) is 20.8 Å². The zero-order valence-electron chi connectivity index (χ0n) is 14.2. The van der Waals surface area contributed by atoms with Gasteiger partial charge in [-0.25, -0.2) is 9.59 Å². The molecular weight excluding hydrogens is 300 g/mol. The van der Waals surface area contributed by atoms with E-state index in [1.165, 1.54) is 13.2 Å². The van der Waals surface area contributed by atoms with E-state index < -0.39 is 20.3 Å². The average molecular weight is 324 g/mol. The first-order chi connectivity index (χ1) is 9.92. The van der Waals surface area contributed by atoms with Crippen LogP contribution in [0.15, 0.2) is 12.1 Å². The van der Waals surface area contributed by atoms with Gasteiger partial charge in [-0.3, -0.25) is 0 Å². The number of aromatic carboxylic acids is 1. The maximum absolute atomic E-state index is 12.1. The topological polar surface area (TPSA) is 72.8 Å². The molecule has 0 aromatic heterocycles. The number of ether oxygens (including phenoxy) is 1. The largest absolute Gasteiger partial charge is 0.543 e. The van der Waals surface area contributed by atoms with Crippen LogP contribution in [0.4, 0.5) is 0 Å². The minimum absolute atomic E-state index is 0.0419. The van der Waals surface area contributed by atoms with Gasteiger partial charge in [0.1, 0.15) is 11.3 Å². The number of methoxy groups -OCH3 is 1. The van der Waals surface area contributed by atoms with E-state index in [0.29, 0.717) is 11.3 Å². The summed E-state index contributed by atoms with van der Waals surface area (Å²) in [5, 5.41) is 9.17. The van der Waals surface area contributed by atoms with Crippen molar-refractivity contribution in [2.24, 2.45) is 0 Å². The third-order valence-electron chi connectivity index (χ3n) is 4.22. The summed E-state index contributed by atoms with van der Waals surface area (Å²) in [6.07, 6.45) is 0. The van der Waals surface area contributed by atoms with E-state index in [2.05, 4.69) is 33.9 Å². The van der Waals surface area contributed by atoms with Crippen LogP contribution in [0.25, 0.3) is 0 Å². The predicted octanol–water partition coefficient (Wildman–Crippen LogP) is 3.86. The second-order valence-corrected chi connectivity index (χ2v) is 11.5. The van der Waals surface area contributed by atoms with E-state index in [9.17, 15) is 14.7 Å². The lowest BCUT2D eigenvalue weighted by Crippen LogP contribution is -2.44. The summed E-state index contributed by atoms with van der Waals surface area (Å²) in [7, 11) is -0.889. The normalized spacial score (nSPS) is 12.0. The van der Waals surface area contributed by atoms with Gasteiger partial charge in [0.25, 0.3) is 8.32 Å². The highest BCUT2D eigenvalue weighted by atomic mass is 28.4. The molecule has 1 aromatic rings. The number of carbonyl (C=O) groups excluding carboxylic acids is 1. The summed E-state index contributed by atoms with van der Waals surface area (Å²) in [4.78, 5) is 23.3. The van der Waals surface area contributed by atoms with Crippen molar-refractivity contribution in [3.8, 4) is 5.75 Å². The minimum atomic E-state index is -2.16. The number of esters is 1. The highest BCUT2D eigenvalue weighted by Crippen LogP contribution is 2.39. The molecule has 0 amide bonds.